The Morgan fingerprint density at radius 1 is 1.00 bits per heavy atom. The van der Waals surface area contributed by atoms with Gasteiger partial charge in [0, 0.05) is 18.4 Å². The van der Waals surface area contributed by atoms with Crippen molar-refractivity contribution in [2.24, 2.45) is 0 Å². The average Bonchev–Trinajstić information content (AvgIpc) is 2.53. The van der Waals surface area contributed by atoms with Gasteiger partial charge in [-0.15, -0.1) is 0 Å². The maximum Gasteiger partial charge on any atom is 0.00317 e. The van der Waals surface area contributed by atoms with Gasteiger partial charge in [-0.3, -0.25) is 0 Å². The van der Waals surface area contributed by atoms with Crippen LogP contribution in [0, 0.1) is 0 Å². The molecule has 2 heteroatoms. The lowest BCUT2D eigenvalue weighted by molar-refractivity contribution is 0.283. The van der Waals surface area contributed by atoms with E-state index in [2.05, 4.69) is 45.1 Å². The Hall–Kier alpha value is -0.340. The van der Waals surface area contributed by atoms with Crippen molar-refractivity contribution in [3.05, 3.63) is 35.4 Å². The SMILES string of the molecule is BrCCCCN1CCc2ccccc2CC1. The zero-order valence-electron chi connectivity index (χ0n) is 9.79. The van der Waals surface area contributed by atoms with Crippen LogP contribution in [0.5, 0.6) is 0 Å². The molecule has 0 aromatic heterocycles. The van der Waals surface area contributed by atoms with Crippen LogP contribution in [0.2, 0.25) is 0 Å². The first-order chi connectivity index (χ1) is 7.90. The van der Waals surface area contributed by atoms with Crippen LogP contribution in [0.25, 0.3) is 0 Å². The highest BCUT2D eigenvalue weighted by molar-refractivity contribution is 9.09. The van der Waals surface area contributed by atoms with Crippen LogP contribution in [-0.2, 0) is 12.8 Å². The highest BCUT2D eigenvalue weighted by Gasteiger charge is 2.12. The summed E-state index contributed by atoms with van der Waals surface area (Å²) in [5, 5.41) is 1.14. The van der Waals surface area contributed by atoms with Gasteiger partial charge in [-0.1, -0.05) is 40.2 Å². The molecule has 16 heavy (non-hydrogen) atoms. The largest absolute Gasteiger partial charge is 0.303 e. The molecule has 0 unspecified atom stereocenters. The van der Waals surface area contributed by atoms with E-state index in [-0.39, 0.29) is 0 Å². The topological polar surface area (TPSA) is 3.24 Å². The number of alkyl halides is 1. The minimum Gasteiger partial charge on any atom is -0.303 e. The van der Waals surface area contributed by atoms with Crippen molar-refractivity contribution in [2.45, 2.75) is 25.7 Å². The van der Waals surface area contributed by atoms with E-state index in [9.17, 15) is 0 Å². The van der Waals surface area contributed by atoms with Gasteiger partial charge in [0.15, 0.2) is 0 Å². The van der Waals surface area contributed by atoms with Crippen molar-refractivity contribution < 1.29 is 0 Å². The number of hydrogen-bond donors (Lipinski definition) is 0. The summed E-state index contributed by atoms with van der Waals surface area (Å²) in [5.41, 5.74) is 3.12. The second kappa shape index (κ2) is 6.41. The van der Waals surface area contributed by atoms with Gasteiger partial charge in [0.1, 0.15) is 0 Å². The molecule has 0 spiro atoms. The van der Waals surface area contributed by atoms with E-state index < -0.39 is 0 Å². The third-order valence-electron chi connectivity index (χ3n) is 3.37. The van der Waals surface area contributed by atoms with Crippen LogP contribution in [0.1, 0.15) is 24.0 Å². The number of rotatable bonds is 4. The van der Waals surface area contributed by atoms with Gasteiger partial charge in [-0.25, -0.2) is 0 Å². The standard InChI is InChI=1S/C14H20BrN/c15-9-3-4-10-16-11-7-13-5-1-2-6-14(13)8-12-16/h1-2,5-6H,3-4,7-12H2. The molecule has 1 nitrogen and oxygen atoms in total. The van der Waals surface area contributed by atoms with Crippen LogP contribution in [0.3, 0.4) is 0 Å². The monoisotopic (exact) mass is 281 g/mol. The molecule has 1 heterocycles. The highest BCUT2D eigenvalue weighted by Crippen LogP contribution is 2.15. The van der Waals surface area contributed by atoms with Crippen LogP contribution in [-0.4, -0.2) is 29.9 Å². The summed E-state index contributed by atoms with van der Waals surface area (Å²) in [6.45, 7) is 3.73. The average molecular weight is 282 g/mol. The van der Waals surface area contributed by atoms with Gasteiger partial charge >= 0.3 is 0 Å². The number of nitrogens with zero attached hydrogens (tertiary/aromatic N) is 1. The van der Waals surface area contributed by atoms with Crippen molar-refractivity contribution >= 4 is 15.9 Å². The Kier molecular flexibility index (Phi) is 4.86. The summed E-state index contributed by atoms with van der Waals surface area (Å²) < 4.78 is 0. The molecule has 1 aliphatic heterocycles. The van der Waals surface area contributed by atoms with Gasteiger partial charge in [0.05, 0.1) is 0 Å². The Morgan fingerprint density at radius 2 is 1.62 bits per heavy atom. The normalized spacial score (nSPS) is 16.8. The molecule has 0 amide bonds. The lowest BCUT2D eigenvalue weighted by Crippen LogP contribution is -2.27. The number of fused-ring (bicyclic) bond motifs is 1. The first-order valence-electron chi connectivity index (χ1n) is 6.25. The second-order valence-electron chi connectivity index (χ2n) is 4.51. The molecule has 0 saturated heterocycles. The predicted octanol–water partition coefficient (Wildman–Crippen LogP) is 3.26. The first kappa shape index (κ1) is 12.1. The molecule has 2 rings (SSSR count). The summed E-state index contributed by atoms with van der Waals surface area (Å²) in [6.07, 6.45) is 5.07. The molecule has 0 bridgehead atoms. The molecule has 0 radical (unpaired) electrons. The van der Waals surface area contributed by atoms with E-state index >= 15 is 0 Å². The fourth-order valence-corrected chi connectivity index (χ4v) is 2.76. The summed E-state index contributed by atoms with van der Waals surface area (Å²) in [7, 11) is 0. The number of unbranched alkanes of at least 4 members (excludes halogenated alkanes) is 1. The summed E-state index contributed by atoms with van der Waals surface area (Å²) in [6, 6.07) is 8.91. The minimum absolute atomic E-state index is 1.14. The molecular weight excluding hydrogens is 262 g/mol. The van der Waals surface area contributed by atoms with Crippen molar-refractivity contribution in [3.8, 4) is 0 Å². The van der Waals surface area contributed by atoms with E-state index in [0.717, 1.165) is 5.33 Å². The highest BCUT2D eigenvalue weighted by atomic mass is 79.9. The molecule has 0 aliphatic carbocycles. The predicted molar refractivity (Wildman–Crippen MR) is 73.3 cm³/mol. The third-order valence-corrected chi connectivity index (χ3v) is 3.93. The van der Waals surface area contributed by atoms with E-state index in [1.54, 1.807) is 11.1 Å². The number of benzene rings is 1. The summed E-state index contributed by atoms with van der Waals surface area (Å²) in [4.78, 5) is 2.61. The van der Waals surface area contributed by atoms with Gasteiger partial charge in [0.25, 0.3) is 0 Å². The molecular formula is C14H20BrN. The molecule has 1 aliphatic rings. The Bertz CT molecular complexity index is 297. The molecule has 0 saturated carbocycles. The van der Waals surface area contributed by atoms with Crippen molar-refractivity contribution in [2.75, 3.05) is 25.0 Å². The van der Waals surface area contributed by atoms with E-state index in [4.69, 9.17) is 0 Å². The van der Waals surface area contributed by atoms with Crippen LogP contribution in [0.15, 0.2) is 24.3 Å². The molecule has 0 fully saturated rings. The van der Waals surface area contributed by atoms with Gasteiger partial charge < -0.3 is 4.90 Å². The maximum atomic E-state index is 3.49. The molecule has 0 atom stereocenters. The summed E-state index contributed by atoms with van der Waals surface area (Å²) in [5.74, 6) is 0. The smallest absolute Gasteiger partial charge is 0.00317 e. The lowest BCUT2D eigenvalue weighted by Gasteiger charge is -2.19. The fourth-order valence-electron chi connectivity index (χ4n) is 2.37. The Morgan fingerprint density at radius 3 is 2.19 bits per heavy atom. The Balaban J connectivity index is 1.87. The van der Waals surface area contributed by atoms with Gasteiger partial charge in [-0.05, 0) is 43.4 Å². The molecule has 1 aromatic carbocycles. The van der Waals surface area contributed by atoms with Crippen LogP contribution in [0.4, 0.5) is 0 Å². The van der Waals surface area contributed by atoms with Crippen molar-refractivity contribution in [1.29, 1.82) is 0 Å². The van der Waals surface area contributed by atoms with Crippen molar-refractivity contribution in [3.63, 3.8) is 0 Å². The molecule has 88 valence electrons. The number of halogens is 1. The van der Waals surface area contributed by atoms with Crippen LogP contribution < -0.4 is 0 Å². The van der Waals surface area contributed by atoms with Crippen molar-refractivity contribution in [1.82, 2.24) is 4.90 Å². The lowest BCUT2D eigenvalue weighted by atomic mass is 10.0. The first-order valence-corrected chi connectivity index (χ1v) is 7.37. The maximum absolute atomic E-state index is 3.49. The van der Waals surface area contributed by atoms with Crippen LogP contribution >= 0.6 is 15.9 Å². The fraction of sp³-hybridized carbons (Fsp3) is 0.571. The van der Waals surface area contributed by atoms with Gasteiger partial charge in [-0.2, -0.15) is 0 Å². The van der Waals surface area contributed by atoms with E-state index in [0.29, 0.717) is 0 Å². The zero-order chi connectivity index (χ0) is 11.2. The molecule has 0 N–H and O–H groups in total. The van der Waals surface area contributed by atoms with E-state index in [1.807, 2.05) is 0 Å². The molecule has 1 aromatic rings. The number of hydrogen-bond acceptors (Lipinski definition) is 1. The zero-order valence-corrected chi connectivity index (χ0v) is 11.4. The Labute approximate surface area is 107 Å². The quantitative estimate of drug-likeness (QED) is 0.605. The van der Waals surface area contributed by atoms with E-state index in [1.165, 1.54) is 45.3 Å². The minimum atomic E-state index is 1.14. The third kappa shape index (κ3) is 3.33. The summed E-state index contributed by atoms with van der Waals surface area (Å²) >= 11 is 3.49. The van der Waals surface area contributed by atoms with Gasteiger partial charge in [0.2, 0.25) is 0 Å². The second-order valence-corrected chi connectivity index (χ2v) is 5.30.